The smallest absolute Gasteiger partial charge is 0.242 e. The van der Waals surface area contributed by atoms with Gasteiger partial charge in [-0.15, -0.1) is 0 Å². The number of Topliss-reactive ketones (excluding diaryl/α,β-unsaturated/α-hetero) is 1. The quantitative estimate of drug-likeness (QED) is 0.793. The topological polar surface area (TPSA) is 50.3 Å². The van der Waals surface area contributed by atoms with Crippen molar-refractivity contribution in [1.29, 1.82) is 0 Å². The van der Waals surface area contributed by atoms with E-state index in [2.05, 4.69) is 4.98 Å². The van der Waals surface area contributed by atoms with Crippen LogP contribution < -0.4 is 4.90 Å². The number of amides is 1. The van der Waals surface area contributed by atoms with Crippen LogP contribution in [0.25, 0.3) is 0 Å². The fourth-order valence-corrected chi connectivity index (χ4v) is 2.60. The molecule has 0 saturated carbocycles. The zero-order valence-corrected chi connectivity index (χ0v) is 12.3. The molecule has 21 heavy (non-hydrogen) atoms. The summed E-state index contributed by atoms with van der Waals surface area (Å²) >= 11 is 0. The molecule has 4 heteroatoms. The number of rotatable bonds is 2. The van der Waals surface area contributed by atoms with Crippen LogP contribution in [0.1, 0.15) is 36.7 Å². The van der Waals surface area contributed by atoms with Crippen molar-refractivity contribution in [3.63, 3.8) is 0 Å². The van der Waals surface area contributed by atoms with Crippen molar-refractivity contribution in [2.45, 2.75) is 26.2 Å². The third-order valence-electron chi connectivity index (χ3n) is 3.91. The number of hydrogen-bond acceptors (Lipinski definition) is 3. The molecule has 1 aliphatic heterocycles. The SMILES string of the molecule is CC(=O)c1cnc2c(c1)C(C)(C)C(=O)N2c1ccccc1. The van der Waals surface area contributed by atoms with Gasteiger partial charge >= 0.3 is 0 Å². The average Bonchev–Trinajstić information content (AvgIpc) is 2.67. The second kappa shape index (κ2) is 4.52. The van der Waals surface area contributed by atoms with Crippen molar-refractivity contribution in [3.05, 3.63) is 53.7 Å². The summed E-state index contributed by atoms with van der Waals surface area (Å²) in [5, 5.41) is 0. The third-order valence-corrected chi connectivity index (χ3v) is 3.91. The predicted octanol–water partition coefficient (Wildman–Crippen LogP) is 3.24. The minimum absolute atomic E-state index is 0.0306. The molecule has 0 N–H and O–H groups in total. The fourth-order valence-electron chi connectivity index (χ4n) is 2.60. The minimum Gasteiger partial charge on any atom is -0.294 e. The van der Waals surface area contributed by atoms with Crippen LogP contribution >= 0.6 is 0 Å². The number of fused-ring (bicyclic) bond motifs is 1. The Bertz CT molecular complexity index is 736. The molecule has 3 rings (SSSR count). The lowest BCUT2D eigenvalue weighted by molar-refractivity contribution is -0.121. The zero-order valence-electron chi connectivity index (χ0n) is 12.3. The molecule has 106 valence electrons. The molecule has 1 aromatic heterocycles. The molecule has 0 saturated heterocycles. The van der Waals surface area contributed by atoms with E-state index in [0.717, 1.165) is 11.3 Å². The number of carbonyl (C=O) groups excluding carboxylic acids is 2. The molecule has 0 radical (unpaired) electrons. The van der Waals surface area contributed by atoms with Crippen LogP contribution in [0.15, 0.2) is 42.6 Å². The van der Waals surface area contributed by atoms with Crippen LogP contribution in [0.2, 0.25) is 0 Å². The minimum atomic E-state index is -0.691. The Labute approximate surface area is 123 Å². The van der Waals surface area contributed by atoms with E-state index < -0.39 is 5.41 Å². The number of anilines is 2. The molecule has 0 atom stereocenters. The van der Waals surface area contributed by atoms with Gasteiger partial charge in [0.25, 0.3) is 0 Å². The van der Waals surface area contributed by atoms with Crippen molar-refractivity contribution in [2.75, 3.05) is 4.90 Å². The zero-order chi connectivity index (χ0) is 15.2. The van der Waals surface area contributed by atoms with E-state index in [9.17, 15) is 9.59 Å². The summed E-state index contributed by atoms with van der Waals surface area (Å²) in [5.74, 6) is 0.532. The van der Waals surface area contributed by atoms with Crippen molar-refractivity contribution in [2.24, 2.45) is 0 Å². The molecule has 0 fully saturated rings. The molecule has 2 heterocycles. The highest BCUT2D eigenvalue weighted by molar-refractivity contribution is 6.12. The van der Waals surface area contributed by atoms with Crippen LogP contribution in [0, 0.1) is 0 Å². The second-order valence-electron chi connectivity index (χ2n) is 5.75. The van der Waals surface area contributed by atoms with Crippen molar-refractivity contribution in [3.8, 4) is 0 Å². The van der Waals surface area contributed by atoms with Gasteiger partial charge in [0, 0.05) is 17.3 Å². The summed E-state index contributed by atoms with van der Waals surface area (Å²) < 4.78 is 0. The van der Waals surface area contributed by atoms with Gasteiger partial charge < -0.3 is 0 Å². The third kappa shape index (κ3) is 1.95. The molecule has 1 aromatic carbocycles. The summed E-state index contributed by atoms with van der Waals surface area (Å²) in [6.07, 6.45) is 1.53. The highest BCUT2D eigenvalue weighted by Crippen LogP contribution is 2.44. The Balaban J connectivity index is 2.21. The van der Waals surface area contributed by atoms with E-state index in [1.165, 1.54) is 13.1 Å². The first-order valence-corrected chi connectivity index (χ1v) is 6.84. The van der Waals surface area contributed by atoms with Crippen molar-refractivity contribution in [1.82, 2.24) is 4.98 Å². The van der Waals surface area contributed by atoms with Gasteiger partial charge in [0.1, 0.15) is 5.82 Å². The molecule has 2 aromatic rings. The second-order valence-corrected chi connectivity index (χ2v) is 5.75. The lowest BCUT2D eigenvalue weighted by Gasteiger charge is -2.19. The Morgan fingerprint density at radius 1 is 1.19 bits per heavy atom. The van der Waals surface area contributed by atoms with Crippen LogP contribution in [-0.2, 0) is 10.2 Å². The first-order valence-electron chi connectivity index (χ1n) is 6.84. The number of aromatic nitrogens is 1. The Hall–Kier alpha value is -2.49. The van der Waals surface area contributed by atoms with E-state index in [4.69, 9.17) is 0 Å². The maximum absolute atomic E-state index is 12.8. The lowest BCUT2D eigenvalue weighted by Crippen LogP contribution is -2.33. The fraction of sp³-hybridized carbons (Fsp3) is 0.235. The summed E-state index contributed by atoms with van der Waals surface area (Å²) in [5.41, 5.74) is 1.43. The molecule has 1 amide bonds. The number of ketones is 1. The normalized spacial score (nSPS) is 16.0. The van der Waals surface area contributed by atoms with Crippen LogP contribution in [0.4, 0.5) is 11.5 Å². The van der Waals surface area contributed by atoms with E-state index in [1.54, 1.807) is 11.0 Å². The summed E-state index contributed by atoms with van der Waals surface area (Å²) in [6.45, 7) is 5.23. The Morgan fingerprint density at radius 2 is 1.86 bits per heavy atom. The maximum Gasteiger partial charge on any atom is 0.242 e. The number of para-hydroxylation sites is 1. The number of pyridine rings is 1. The van der Waals surface area contributed by atoms with Gasteiger partial charge in [-0.05, 0) is 39.0 Å². The summed E-state index contributed by atoms with van der Waals surface area (Å²) in [4.78, 5) is 30.3. The molecule has 4 nitrogen and oxygen atoms in total. The number of hydrogen-bond donors (Lipinski definition) is 0. The van der Waals surface area contributed by atoms with Crippen LogP contribution in [0.5, 0.6) is 0 Å². The molecule has 0 spiro atoms. The number of nitrogens with zero attached hydrogens (tertiary/aromatic N) is 2. The van der Waals surface area contributed by atoms with Crippen molar-refractivity contribution < 1.29 is 9.59 Å². The van der Waals surface area contributed by atoms with Gasteiger partial charge in [-0.3, -0.25) is 14.5 Å². The Morgan fingerprint density at radius 3 is 2.48 bits per heavy atom. The van der Waals surface area contributed by atoms with E-state index in [0.29, 0.717) is 11.4 Å². The van der Waals surface area contributed by atoms with Gasteiger partial charge in [-0.1, -0.05) is 18.2 Å². The molecule has 1 aliphatic rings. The number of benzene rings is 1. The van der Waals surface area contributed by atoms with Gasteiger partial charge in [0.05, 0.1) is 11.1 Å². The van der Waals surface area contributed by atoms with Crippen molar-refractivity contribution >= 4 is 23.2 Å². The lowest BCUT2D eigenvalue weighted by atomic mass is 9.86. The monoisotopic (exact) mass is 280 g/mol. The van der Waals surface area contributed by atoms with Gasteiger partial charge in [-0.2, -0.15) is 0 Å². The largest absolute Gasteiger partial charge is 0.294 e. The standard InChI is InChI=1S/C17H16N2O2/c1-11(20)12-9-14-15(18-10-12)19(16(21)17(14,2)3)13-7-5-4-6-8-13/h4-10H,1-3H3. The van der Waals surface area contributed by atoms with Gasteiger partial charge in [0.15, 0.2) is 5.78 Å². The van der Waals surface area contributed by atoms with Crippen LogP contribution in [-0.4, -0.2) is 16.7 Å². The number of carbonyl (C=O) groups is 2. The summed E-state index contributed by atoms with van der Waals surface area (Å²) in [7, 11) is 0. The molecule has 0 unspecified atom stereocenters. The summed E-state index contributed by atoms with van der Waals surface area (Å²) in [6, 6.07) is 11.2. The van der Waals surface area contributed by atoms with Gasteiger partial charge in [-0.25, -0.2) is 4.98 Å². The average molecular weight is 280 g/mol. The van der Waals surface area contributed by atoms with Crippen LogP contribution in [0.3, 0.4) is 0 Å². The molecular formula is C17H16N2O2. The first-order chi connectivity index (χ1) is 9.93. The van der Waals surface area contributed by atoms with E-state index in [1.807, 2.05) is 44.2 Å². The Kier molecular flexibility index (Phi) is 2.90. The predicted molar refractivity (Wildman–Crippen MR) is 80.9 cm³/mol. The highest BCUT2D eigenvalue weighted by atomic mass is 16.2. The van der Waals surface area contributed by atoms with E-state index in [-0.39, 0.29) is 11.7 Å². The molecular weight excluding hydrogens is 264 g/mol. The molecule has 0 bridgehead atoms. The molecule has 0 aliphatic carbocycles. The maximum atomic E-state index is 12.8. The van der Waals surface area contributed by atoms with Gasteiger partial charge in [0.2, 0.25) is 5.91 Å². The first kappa shape index (κ1) is 13.5. The highest BCUT2D eigenvalue weighted by Gasteiger charge is 2.45. The van der Waals surface area contributed by atoms with E-state index >= 15 is 0 Å².